The third kappa shape index (κ3) is 6.11. The molecule has 1 N–H and O–H groups in total. The SMILES string of the molecule is CCOc1ccc(C=CCCNC(C)C)cc1OCC. The summed E-state index contributed by atoms with van der Waals surface area (Å²) in [6.07, 6.45) is 5.33. The number of nitrogens with one attached hydrogen (secondary N) is 1. The van der Waals surface area contributed by atoms with E-state index >= 15 is 0 Å². The topological polar surface area (TPSA) is 30.5 Å². The van der Waals surface area contributed by atoms with Crippen LogP contribution in [0.25, 0.3) is 6.08 Å². The Kier molecular flexibility index (Phi) is 7.81. The van der Waals surface area contributed by atoms with Crippen LogP contribution >= 0.6 is 0 Å². The highest BCUT2D eigenvalue weighted by atomic mass is 16.5. The maximum absolute atomic E-state index is 5.62. The lowest BCUT2D eigenvalue weighted by Gasteiger charge is -2.11. The predicted octanol–water partition coefficient (Wildman–Crippen LogP) is 3.89. The zero-order chi connectivity index (χ0) is 14.8. The molecule has 0 heterocycles. The summed E-state index contributed by atoms with van der Waals surface area (Å²) in [5.74, 6) is 1.63. The van der Waals surface area contributed by atoms with E-state index < -0.39 is 0 Å². The normalized spacial score (nSPS) is 11.2. The molecule has 0 aliphatic carbocycles. The van der Waals surface area contributed by atoms with E-state index in [0.29, 0.717) is 19.3 Å². The molecule has 0 spiro atoms. The number of benzene rings is 1. The summed E-state index contributed by atoms with van der Waals surface area (Å²) < 4.78 is 11.2. The van der Waals surface area contributed by atoms with Crippen molar-refractivity contribution < 1.29 is 9.47 Å². The molecule has 0 amide bonds. The number of hydrogen-bond donors (Lipinski definition) is 1. The van der Waals surface area contributed by atoms with Gasteiger partial charge in [0, 0.05) is 6.04 Å². The van der Waals surface area contributed by atoms with Gasteiger partial charge in [-0.2, -0.15) is 0 Å². The van der Waals surface area contributed by atoms with Crippen LogP contribution in [0, 0.1) is 0 Å². The Labute approximate surface area is 123 Å². The molecule has 0 aromatic heterocycles. The summed E-state index contributed by atoms with van der Waals surface area (Å²) in [5.41, 5.74) is 1.14. The van der Waals surface area contributed by atoms with Gasteiger partial charge >= 0.3 is 0 Å². The molecular formula is C17H27NO2. The Balaban J connectivity index is 2.61. The zero-order valence-corrected chi connectivity index (χ0v) is 13.1. The Morgan fingerprint density at radius 1 is 1.10 bits per heavy atom. The maximum Gasteiger partial charge on any atom is 0.161 e. The van der Waals surface area contributed by atoms with E-state index in [0.717, 1.165) is 30.0 Å². The first-order chi connectivity index (χ1) is 9.67. The first-order valence-electron chi connectivity index (χ1n) is 7.47. The smallest absolute Gasteiger partial charge is 0.161 e. The van der Waals surface area contributed by atoms with Gasteiger partial charge in [-0.15, -0.1) is 0 Å². The third-order valence-electron chi connectivity index (χ3n) is 2.74. The van der Waals surface area contributed by atoms with Crippen molar-refractivity contribution >= 4 is 6.08 Å². The van der Waals surface area contributed by atoms with Crippen LogP contribution in [0.3, 0.4) is 0 Å². The number of hydrogen-bond acceptors (Lipinski definition) is 3. The van der Waals surface area contributed by atoms with Crippen molar-refractivity contribution in [3.8, 4) is 11.5 Å². The number of ether oxygens (including phenoxy) is 2. The van der Waals surface area contributed by atoms with Gasteiger partial charge in [0.05, 0.1) is 13.2 Å². The molecular weight excluding hydrogens is 250 g/mol. The summed E-state index contributed by atoms with van der Waals surface area (Å²) in [6.45, 7) is 10.6. The van der Waals surface area contributed by atoms with E-state index in [9.17, 15) is 0 Å². The summed E-state index contributed by atoms with van der Waals surface area (Å²) in [7, 11) is 0. The Morgan fingerprint density at radius 2 is 1.80 bits per heavy atom. The highest BCUT2D eigenvalue weighted by Gasteiger charge is 2.04. The van der Waals surface area contributed by atoms with Crippen LogP contribution in [0.5, 0.6) is 11.5 Å². The van der Waals surface area contributed by atoms with Crippen molar-refractivity contribution in [2.24, 2.45) is 0 Å². The van der Waals surface area contributed by atoms with Crippen LogP contribution in [0.2, 0.25) is 0 Å². The van der Waals surface area contributed by atoms with Crippen molar-refractivity contribution in [3.63, 3.8) is 0 Å². The van der Waals surface area contributed by atoms with Gasteiger partial charge in [0.1, 0.15) is 0 Å². The molecule has 20 heavy (non-hydrogen) atoms. The molecule has 0 fully saturated rings. The lowest BCUT2D eigenvalue weighted by Crippen LogP contribution is -2.23. The monoisotopic (exact) mass is 277 g/mol. The molecule has 1 aromatic carbocycles. The van der Waals surface area contributed by atoms with Crippen LogP contribution in [-0.2, 0) is 0 Å². The highest BCUT2D eigenvalue weighted by molar-refractivity contribution is 5.55. The Morgan fingerprint density at radius 3 is 2.45 bits per heavy atom. The van der Waals surface area contributed by atoms with Crippen LogP contribution in [0.15, 0.2) is 24.3 Å². The van der Waals surface area contributed by atoms with Crippen LogP contribution < -0.4 is 14.8 Å². The molecule has 112 valence electrons. The van der Waals surface area contributed by atoms with Crippen molar-refractivity contribution in [2.45, 2.75) is 40.2 Å². The molecule has 0 radical (unpaired) electrons. The molecule has 0 aliphatic heterocycles. The van der Waals surface area contributed by atoms with Crippen LogP contribution in [0.4, 0.5) is 0 Å². The molecule has 1 aromatic rings. The zero-order valence-electron chi connectivity index (χ0n) is 13.1. The van der Waals surface area contributed by atoms with E-state index in [1.54, 1.807) is 0 Å². The van der Waals surface area contributed by atoms with E-state index in [-0.39, 0.29) is 0 Å². The van der Waals surface area contributed by atoms with Gasteiger partial charge in [-0.05, 0) is 44.5 Å². The van der Waals surface area contributed by atoms with E-state index in [1.165, 1.54) is 0 Å². The van der Waals surface area contributed by atoms with Gasteiger partial charge in [0.2, 0.25) is 0 Å². The molecule has 3 nitrogen and oxygen atoms in total. The fraction of sp³-hybridized carbons (Fsp3) is 0.529. The standard InChI is InChI=1S/C17H27NO2/c1-5-19-16-11-10-15(13-17(16)20-6-2)9-7-8-12-18-14(3)4/h7,9-11,13-14,18H,5-6,8,12H2,1-4H3. The lowest BCUT2D eigenvalue weighted by atomic mass is 10.1. The van der Waals surface area contributed by atoms with Gasteiger partial charge in [0.25, 0.3) is 0 Å². The molecule has 3 heteroatoms. The van der Waals surface area contributed by atoms with Crippen molar-refractivity contribution in [1.82, 2.24) is 5.32 Å². The second-order valence-electron chi connectivity index (χ2n) is 4.87. The summed E-state index contributed by atoms with van der Waals surface area (Å²) in [5, 5.41) is 3.39. The van der Waals surface area contributed by atoms with Gasteiger partial charge < -0.3 is 14.8 Å². The van der Waals surface area contributed by atoms with Crippen LogP contribution in [0.1, 0.15) is 39.7 Å². The molecule has 0 aliphatic rings. The summed E-state index contributed by atoms with van der Waals surface area (Å²) >= 11 is 0. The third-order valence-corrected chi connectivity index (χ3v) is 2.74. The Hall–Kier alpha value is -1.48. The second kappa shape index (κ2) is 9.43. The average Bonchev–Trinajstić information content (AvgIpc) is 2.41. The van der Waals surface area contributed by atoms with Gasteiger partial charge in [0.15, 0.2) is 11.5 Å². The second-order valence-corrected chi connectivity index (χ2v) is 4.87. The van der Waals surface area contributed by atoms with E-state index in [1.807, 2.05) is 26.0 Å². The maximum atomic E-state index is 5.62. The summed E-state index contributed by atoms with van der Waals surface area (Å²) in [4.78, 5) is 0. The molecule has 1 rings (SSSR count). The lowest BCUT2D eigenvalue weighted by molar-refractivity contribution is 0.287. The van der Waals surface area contributed by atoms with Crippen molar-refractivity contribution in [2.75, 3.05) is 19.8 Å². The molecule has 0 saturated heterocycles. The fourth-order valence-electron chi connectivity index (χ4n) is 1.85. The minimum Gasteiger partial charge on any atom is -0.490 e. The fourth-order valence-corrected chi connectivity index (χ4v) is 1.85. The molecule has 0 atom stereocenters. The minimum absolute atomic E-state index is 0.540. The van der Waals surface area contributed by atoms with E-state index in [4.69, 9.17) is 9.47 Å². The quantitative estimate of drug-likeness (QED) is 0.695. The minimum atomic E-state index is 0.540. The first kappa shape index (κ1) is 16.6. The van der Waals surface area contributed by atoms with Gasteiger partial charge in [-0.1, -0.05) is 32.1 Å². The van der Waals surface area contributed by atoms with E-state index in [2.05, 4.69) is 37.4 Å². The van der Waals surface area contributed by atoms with Crippen molar-refractivity contribution in [3.05, 3.63) is 29.8 Å². The first-order valence-corrected chi connectivity index (χ1v) is 7.47. The average molecular weight is 277 g/mol. The summed E-state index contributed by atoms with van der Waals surface area (Å²) in [6, 6.07) is 6.60. The van der Waals surface area contributed by atoms with Crippen molar-refractivity contribution in [1.29, 1.82) is 0 Å². The molecule has 0 saturated carbocycles. The number of rotatable bonds is 9. The molecule has 0 bridgehead atoms. The predicted molar refractivity (Wildman–Crippen MR) is 85.6 cm³/mol. The molecule has 0 unspecified atom stereocenters. The van der Waals surface area contributed by atoms with Gasteiger partial charge in [-0.25, -0.2) is 0 Å². The van der Waals surface area contributed by atoms with Gasteiger partial charge in [-0.3, -0.25) is 0 Å². The van der Waals surface area contributed by atoms with Crippen LogP contribution in [-0.4, -0.2) is 25.8 Å². The Bertz CT molecular complexity index is 413. The largest absolute Gasteiger partial charge is 0.490 e. The highest BCUT2D eigenvalue weighted by Crippen LogP contribution is 2.29.